The fourth-order valence-electron chi connectivity index (χ4n) is 3.50. The quantitative estimate of drug-likeness (QED) is 0.862. The van der Waals surface area contributed by atoms with Gasteiger partial charge in [0.25, 0.3) is 5.91 Å². The van der Waals surface area contributed by atoms with E-state index in [0.29, 0.717) is 28.9 Å². The Labute approximate surface area is 138 Å². The average molecular weight is 317 g/mol. The number of nitrogens with one attached hydrogen (secondary N) is 1. The molecule has 1 N–H and O–H groups in total. The second-order valence-electron chi connectivity index (χ2n) is 6.97. The van der Waals surface area contributed by atoms with Crippen LogP contribution in [0.1, 0.15) is 60.7 Å². The molecule has 1 aromatic carbocycles. The third kappa shape index (κ3) is 4.34. The predicted molar refractivity (Wildman–Crippen MR) is 90.4 cm³/mol. The molecule has 1 aliphatic carbocycles. The predicted octanol–water partition coefficient (Wildman–Crippen LogP) is 3.66. The Hall–Kier alpha value is -1.84. The Balaban J connectivity index is 2.06. The van der Waals surface area contributed by atoms with Crippen LogP contribution in [0.25, 0.3) is 0 Å². The van der Waals surface area contributed by atoms with Crippen molar-refractivity contribution in [2.75, 3.05) is 7.11 Å². The summed E-state index contributed by atoms with van der Waals surface area (Å²) in [7, 11) is 1.35. The van der Waals surface area contributed by atoms with Gasteiger partial charge in [0.15, 0.2) is 0 Å². The molecule has 2 rings (SSSR count). The van der Waals surface area contributed by atoms with Crippen molar-refractivity contribution < 1.29 is 14.3 Å². The molecular formula is C19H27NO3. The minimum atomic E-state index is -0.391. The monoisotopic (exact) mass is 317 g/mol. The van der Waals surface area contributed by atoms with Gasteiger partial charge in [0.1, 0.15) is 0 Å². The molecule has 1 fully saturated rings. The van der Waals surface area contributed by atoms with Gasteiger partial charge < -0.3 is 10.1 Å². The molecule has 3 atom stereocenters. The van der Waals surface area contributed by atoms with Gasteiger partial charge >= 0.3 is 5.97 Å². The molecule has 1 amide bonds. The van der Waals surface area contributed by atoms with E-state index in [9.17, 15) is 9.59 Å². The number of esters is 1. The first-order valence-electron chi connectivity index (χ1n) is 8.41. The van der Waals surface area contributed by atoms with Gasteiger partial charge in [0.05, 0.1) is 12.7 Å². The Morgan fingerprint density at radius 3 is 2.30 bits per heavy atom. The van der Waals surface area contributed by atoms with Crippen LogP contribution in [0.4, 0.5) is 0 Å². The van der Waals surface area contributed by atoms with Crippen LogP contribution in [-0.2, 0) is 4.74 Å². The van der Waals surface area contributed by atoms with E-state index in [4.69, 9.17) is 0 Å². The number of ether oxygens (including phenoxy) is 1. The largest absolute Gasteiger partial charge is 0.465 e. The lowest BCUT2D eigenvalue weighted by Gasteiger charge is -2.37. The molecule has 1 saturated carbocycles. The Morgan fingerprint density at radius 1 is 1.13 bits per heavy atom. The van der Waals surface area contributed by atoms with Crippen molar-refractivity contribution >= 4 is 11.9 Å². The molecule has 4 nitrogen and oxygen atoms in total. The molecular weight excluding hydrogens is 290 g/mol. The van der Waals surface area contributed by atoms with Crippen LogP contribution in [0.3, 0.4) is 0 Å². The van der Waals surface area contributed by atoms with E-state index in [0.717, 1.165) is 6.42 Å². The molecule has 3 unspecified atom stereocenters. The normalized spacial score (nSPS) is 24.3. The molecule has 0 radical (unpaired) electrons. The van der Waals surface area contributed by atoms with Gasteiger partial charge in [-0.3, -0.25) is 4.79 Å². The number of carbonyl (C=O) groups excluding carboxylic acids is 2. The van der Waals surface area contributed by atoms with Crippen LogP contribution in [-0.4, -0.2) is 25.0 Å². The first-order valence-corrected chi connectivity index (χ1v) is 8.41. The van der Waals surface area contributed by atoms with Gasteiger partial charge in [0, 0.05) is 11.6 Å². The van der Waals surface area contributed by atoms with Crippen LogP contribution >= 0.6 is 0 Å². The second kappa shape index (κ2) is 7.62. The van der Waals surface area contributed by atoms with Crippen molar-refractivity contribution in [2.45, 2.75) is 46.1 Å². The highest BCUT2D eigenvalue weighted by Gasteiger charge is 2.31. The third-order valence-corrected chi connectivity index (χ3v) is 4.91. The molecule has 0 spiro atoms. The summed E-state index contributed by atoms with van der Waals surface area (Å²) in [5.41, 5.74) is 1.04. The third-order valence-electron chi connectivity index (χ3n) is 4.91. The van der Waals surface area contributed by atoms with Gasteiger partial charge in [-0.2, -0.15) is 0 Å². The van der Waals surface area contributed by atoms with Crippen molar-refractivity contribution in [1.82, 2.24) is 5.32 Å². The van der Waals surface area contributed by atoms with Crippen LogP contribution in [0.2, 0.25) is 0 Å². The van der Waals surface area contributed by atoms with Crippen LogP contribution in [0.15, 0.2) is 24.3 Å². The zero-order chi connectivity index (χ0) is 17.0. The fraction of sp³-hybridized carbons (Fsp3) is 0.579. The van der Waals surface area contributed by atoms with Crippen molar-refractivity contribution in [3.8, 4) is 0 Å². The van der Waals surface area contributed by atoms with Crippen molar-refractivity contribution in [3.05, 3.63) is 35.4 Å². The maximum Gasteiger partial charge on any atom is 0.337 e. The lowest BCUT2D eigenvalue weighted by molar-refractivity contribution is 0.0600. The molecule has 0 aromatic heterocycles. The topological polar surface area (TPSA) is 55.4 Å². The SMILES string of the molecule is COC(=O)c1ccc(C(=O)NC2CC(C)CCC2C(C)C)cc1. The summed E-state index contributed by atoms with van der Waals surface area (Å²) >= 11 is 0. The van der Waals surface area contributed by atoms with E-state index in [-0.39, 0.29) is 11.9 Å². The lowest BCUT2D eigenvalue weighted by Crippen LogP contribution is -2.45. The molecule has 0 bridgehead atoms. The van der Waals surface area contributed by atoms with Crippen molar-refractivity contribution in [3.63, 3.8) is 0 Å². The maximum atomic E-state index is 12.5. The minimum Gasteiger partial charge on any atom is -0.465 e. The molecule has 1 aromatic rings. The van der Waals surface area contributed by atoms with Gasteiger partial charge in [-0.1, -0.05) is 27.2 Å². The van der Waals surface area contributed by atoms with E-state index in [2.05, 4.69) is 30.8 Å². The van der Waals surface area contributed by atoms with Crippen LogP contribution < -0.4 is 5.32 Å². The van der Waals surface area contributed by atoms with Crippen molar-refractivity contribution in [1.29, 1.82) is 0 Å². The van der Waals surface area contributed by atoms with Gasteiger partial charge in [-0.05, 0) is 54.9 Å². The Bertz CT molecular complexity index is 550. The summed E-state index contributed by atoms with van der Waals surface area (Å²) in [5.74, 6) is 1.29. The van der Waals surface area contributed by atoms with E-state index < -0.39 is 5.97 Å². The summed E-state index contributed by atoms with van der Waals surface area (Å²) in [6, 6.07) is 6.84. The van der Waals surface area contributed by atoms with E-state index >= 15 is 0 Å². The second-order valence-corrected chi connectivity index (χ2v) is 6.97. The van der Waals surface area contributed by atoms with Gasteiger partial charge in [-0.25, -0.2) is 4.79 Å². The Morgan fingerprint density at radius 2 is 1.74 bits per heavy atom. The highest BCUT2D eigenvalue weighted by molar-refractivity contribution is 5.96. The minimum absolute atomic E-state index is 0.0637. The lowest BCUT2D eigenvalue weighted by atomic mass is 9.74. The number of carbonyl (C=O) groups is 2. The summed E-state index contributed by atoms with van der Waals surface area (Å²) in [6.07, 6.45) is 3.45. The highest BCUT2D eigenvalue weighted by Crippen LogP contribution is 2.33. The maximum absolute atomic E-state index is 12.5. The highest BCUT2D eigenvalue weighted by atomic mass is 16.5. The molecule has 126 valence electrons. The summed E-state index contributed by atoms with van der Waals surface area (Å²) < 4.78 is 4.67. The smallest absolute Gasteiger partial charge is 0.337 e. The Kier molecular flexibility index (Phi) is 5.80. The first kappa shape index (κ1) is 17.5. The number of hydrogen-bond acceptors (Lipinski definition) is 3. The molecule has 0 heterocycles. The fourth-order valence-corrected chi connectivity index (χ4v) is 3.50. The van der Waals surface area contributed by atoms with E-state index in [1.807, 2.05) is 0 Å². The van der Waals surface area contributed by atoms with Crippen LogP contribution in [0, 0.1) is 17.8 Å². The van der Waals surface area contributed by atoms with Crippen molar-refractivity contribution in [2.24, 2.45) is 17.8 Å². The molecule has 1 aliphatic rings. The number of hydrogen-bond donors (Lipinski definition) is 1. The molecule has 23 heavy (non-hydrogen) atoms. The standard InChI is InChI=1S/C19H27NO3/c1-12(2)16-10-5-13(3)11-17(16)20-18(21)14-6-8-15(9-7-14)19(22)23-4/h6-9,12-13,16-17H,5,10-11H2,1-4H3,(H,20,21). The molecule has 0 aliphatic heterocycles. The number of methoxy groups -OCH3 is 1. The summed E-state index contributed by atoms with van der Waals surface area (Å²) in [5, 5.41) is 3.20. The van der Waals surface area contributed by atoms with E-state index in [1.165, 1.54) is 20.0 Å². The molecule has 0 saturated heterocycles. The van der Waals surface area contributed by atoms with E-state index in [1.54, 1.807) is 24.3 Å². The number of rotatable bonds is 4. The number of benzene rings is 1. The summed E-state index contributed by atoms with van der Waals surface area (Å²) in [4.78, 5) is 24.0. The van der Waals surface area contributed by atoms with Gasteiger partial charge in [0.2, 0.25) is 0 Å². The number of amides is 1. The van der Waals surface area contributed by atoms with Gasteiger partial charge in [-0.15, -0.1) is 0 Å². The molecule has 4 heteroatoms. The van der Waals surface area contributed by atoms with Crippen LogP contribution in [0.5, 0.6) is 0 Å². The first-order chi connectivity index (χ1) is 10.9. The summed E-state index contributed by atoms with van der Waals surface area (Å²) in [6.45, 7) is 6.71. The zero-order valence-electron chi connectivity index (χ0n) is 14.5. The zero-order valence-corrected chi connectivity index (χ0v) is 14.5. The average Bonchev–Trinajstić information content (AvgIpc) is 2.54.